The third-order valence-electron chi connectivity index (χ3n) is 4.82. The molecule has 1 aromatic heterocycles. The summed E-state index contributed by atoms with van der Waals surface area (Å²) >= 11 is 0. The van der Waals surface area contributed by atoms with Crippen molar-refractivity contribution in [3.63, 3.8) is 0 Å². The Labute approximate surface area is 187 Å². The van der Waals surface area contributed by atoms with Gasteiger partial charge in [-0.05, 0) is 34.9 Å². The molecule has 0 bridgehead atoms. The van der Waals surface area contributed by atoms with Crippen molar-refractivity contribution >= 4 is 11.5 Å². The van der Waals surface area contributed by atoms with Gasteiger partial charge in [0.05, 0.1) is 19.7 Å². The maximum Gasteiger partial charge on any atom is 0.195 e. The maximum absolute atomic E-state index is 13.3. The molecule has 0 aliphatic carbocycles. The van der Waals surface area contributed by atoms with Crippen molar-refractivity contribution in [1.29, 1.82) is 0 Å². The summed E-state index contributed by atoms with van der Waals surface area (Å²) < 4.78 is 10.5. The van der Waals surface area contributed by atoms with Crippen LogP contribution in [0.4, 0.5) is 5.69 Å². The van der Waals surface area contributed by atoms with E-state index in [-0.39, 0.29) is 12.4 Å². The number of carbonyl (C=O) groups excluding carboxylic acids is 1. The molecule has 0 saturated carbocycles. The van der Waals surface area contributed by atoms with Crippen molar-refractivity contribution in [3.8, 4) is 18.1 Å². The highest BCUT2D eigenvalue weighted by Gasteiger charge is 2.16. The molecule has 1 heterocycles. The van der Waals surface area contributed by atoms with Crippen LogP contribution in [0.5, 0.6) is 5.75 Å². The number of rotatable bonds is 11. The van der Waals surface area contributed by atoms with Gasteiger partial charge in [0.25, 0.3) is 0 Å². The number of ketones is 1. The van der Waals surface area contributed by atoms with E-state index in [2.05, 4.69) is 40.5 Å². The monoisotopic (exact) mass is 433 g/mol. The minimum absolute atomic E-state index is 0.120. The number of nitrogens with zero attached hydrogens (tertiary/aromatic N) is 4. The van der Waals surface area contributed by atoms with Gasteiger partial charge >= 0.3 is 0 Å². The Kier molecular flexibility index (Phi) is 7.95. The van der Waals surface area contributed by atoms with Crippen LogP contribution in [0.1, 0.15) is 47.1 Å². The van der Waals surface area contributed by atoms with Gasteiger partial charge in [0.2, 0.25) is 0 Å². The highest BCUT2D eigenvalue weighted by Crippen LogP contribution is 2.26. The first-order chi connectivity index (χ1) is 15.5. The third-order valence-corrected chi connectivity index (χ3v) is 4.82. The van der Waals surface area contributed by atoms with Crippen LogP contribution >= 0.6 is 0 Å². The number of methoxy groups -OCH3 is 1. The number of aromatic nitrogens is 4. The van der Waals surface area contributed by atoms with Crippen molar-refractivity contribution in [2.45, 2.75) is 32.9 Å². The minimum atomic E-state index is -0.120. The highest BCUT2D eigenvalue weighted by atomic mass is 16.5. The minimum Gasteiger partial charge on any atom is -0.481 e. The van der Waals surface area contributed by atoms with E-state index in [9.17, 15) is 4.79 Å². The van der Waals surface area contributed by atoms with Crippen LogP contribution in [0.15, 0.2) is 42.5 Å². The molecular formula is C24H27N5O3. The van der Waals surface area contributed by atoms with Gasteiger partial charge in [0.15, 0.2) is 11.6 Å². The average molecular weight is 434 g/mol. The van der Waals surface area contributed by atoms with E-state index >= 15 is 0 Å². The number of benzene rings is 2. The summed E-state index contributed by atoms with van der Waals surface area (Å²) in [7, 11) is 1.62. The Bertz CT molecular complexity index is 1080. The van der Waals surface area contributed by atoms with Crippen molar-refractivity contribution in [2.75, 3.05) is 25.6 Å². The van der Waals surface area contributed by atoms with Gasteiger partial charge in [-0.25, -0.2) is 0 Å². The second kappa shape index (κ2) is 11.1. The van der Waals surface area contributed by atoms with E-state index in [0.29, 0.717) is 54.0 Å². The summed E-state index contributed by atoms with van der Waals surface area (Å²) in [5, 5.41) is 15.6. The van der Waals surface area contributed by atoms with Gasteiger partial charge in [0.1, 0.15) is 12.4 Å². The van der Waals surface area contributed by atoms with Gasteiger partial charge in [-0.3, -0.25) is 4.79 Å². The van der Waals surface area contributed by atoms with Crippen molar-refractivity contribution in [1.82, 2.24) is 20.2 Å². The molecule has 2 aromatic carbocycles. The normalized spacial score (nSPS) is 10.7. The van der Waals surface area contributed by atoms with E-state index < -0.39 is 0 Å². The molecule has 1 N–H and O–H groups in total. The second-order valence-corrected chi connectivity index (χ2v) is 7.45. The number of carbonyl (C=O) groups is 1. The van der Waals surface area contributed by atoms with Crippen LogP contribution in [-0.4, -0.2) is 46.3 Å². The predicted molar refractivity (Wildman–Crippen MR) is 122 cm³/mol. The molecule has 3 aromatic rings. The summed E-state index contributed by atoms with van der Waals surface area (Å²) in [6.45, 7) is 5.68. The fourth-order valence-corrected chi connectivity index (χ4v) is 3.04. The molecule has 0 fully saturated rings. The second-order valence-electron chi connectivity index (χ2n) is 7.45. The quantitative estimate of drug-likeness (QED) is 0.366. The van der Waals surface area contributed by atoms with E-state index in [1.54, 1.807) is 25.3 Å². The molecule has 0 atom stereocenters. The zero-order chi connectivity index (χ0) is 22.9. The maximum atomic E-state index is 13.3. The van der Waals surface area contributed by atoms with Gasteiger partial charge in [-0.2, -0.15) is 4.80 Å². The lowest BCUT2D eigenvalue weighted by atomic mass is 9.97. The van der Waals surface area contributed by atoms with Gasteiger partial charge in [-0.15, -0.1) is 16.6 Å². The molecular weight excluding hydrogens is 406 g/mol. The molecule has 0 saturated heterocycles. The van der Waals surface area contributed by atoms with Gasteiger partial charge in [0, 0.05) is 23.9 Å². The van der Waals surface area contributed by atoms with Crippen molar-refractivity contribution < 1.29 is 14.3 Å². The average Bonchev–Trinajstić information content (AvgIpc) is 3.27. The summed E-state index contributed by atoms with van der Waals surface area (Å²) in [6.07, 6.45) is 5.29. The Hall–Kier alpha value is -3.70. The fourth-order valence-electron chi connectivity index (χ4n) is 3.04. The largest absolute Gasteiger partial charge is 0.481 e. The molecule has 0 aliphatic heterocycles. The number of tetrazole rings is 1. The van der Waals surface area contributed by atoms with E-state index in [1.807, 2.05) is 24.3 Å². The molecule has 32 heavy (non-hydrogen) atoms. The zero-order valence-electron chi connectivity index (χ0n) is 18.5. The van der Waals surface area contributed by atoms with Gasteiger partial charge in [-0.1, -0.05) is 44.0 Å². The number of hydrogen-bond donors (Lipinski definition) is 1. The first-order valence-electron chi connectivity index (χ1n) is 10.4. The summed E-state index contributed by atoms with van der Waals surface area (Å²) in [4.78, 5) is 14.8. The molecule has 8 heteroatoms. The molecule has 3 rings (SSSR count). The summed E-state index contributed by atoms with van der Waals surface area (Å²) in [5.41, 5.74) is 2.89. The van der Waals surface area contributed by atoms with Crippen LogP contribution in [-0.2, 0) is 17.8 Å². The Morgan fingerprint density at radius 1 is 1.22 bits per heavy atom. The fraction of sp³-hybridized carbons (Fsp3) is 0.333. The molecule has 0 unspecified atom stereocenters. The van der Waals surface area contributed by atoms with Crippen LogP contribution in [0.25, 0.3) is 0 Å². The zero-order valence-corrected chi connectivity index (χ0v) is 18.5. The Morgan fingerprint density at radius 3 is 2.69 bits per heavy atom. The number of nitrogens with one attached hydrogen (secondary N) is 1. The third kappa shape index (κ3) is 5.93. The van der Waals surface area contributed by atoms with Crippen LogP contribution in [0.3, 0.4) is 0 Å². The smallest absolute Gasteiger partial charge is 0.195 e. The predicted octanol–water partition coefficient (Wildman–Crippen LogP) is 3.30. The SMILES string of the molecule is C#CCOc1ccc(NCc2nnn(CCOC)n2)c(C(=O)c2ccc(C(C)C)cc2)c1. The lowest BCUT2D eigenvalue weighted by molar-refractivity contribution is 0.103. The lowest BCUT2D eigenvalue weighted by Crippen LogP contribution is -2.11. The molecule has 0 radical (unpaired) electrons. The van der Waals surface area contributed by atoms with Crippen molar-refractivity contribution in [2.24, 2.45) is 0 Å². The molecule has 0 amide bonds. The lowest BCUT2D eigenvalue weighted by Gasteiger charge is -2.13. The molecule has 166 valence electrons. The van der Waals surface area contributed by atoms with E-state index in [1.165, 1.54) is 10.4 Å². The Balaban J connectivity index is 1.82. The standard InChI is InChI=1S/C24H27N5O3/c1-5-13-32-20-10-11-22(25-16-23-26-28-29(27-23)12-14-31-4)21(15-20)24(30)19-8-6-18(7-9-19)17(2)3/h1,6-11,15,17,25H,12-14,16H2,2-4H3. The summed E-state index contributed by atoms with van der Waals surface area (Å²) in [5.74, 6) is 3.74. The van der Waals surface area contributed by atoms with E-state index in [0.717, 1.165) is 0 Å². The van der Waals surface area contributed by atoms with Crippen molar-refractivity contribution in [3.05, 3.63) is 65.0 Å². The number of hydrogen-bond acceptors (Lipinski definition) is 7. The molecule has 0 aliphatic rings. The number of ether oxygens (including phenoxy) is 2. The topological polar surface area (TPSA) is 91.2 Å². The first kappa shape index (κ1) is 23.0. The van der Waals surface area contributed by atoms with Crippen LogP contribution in [0.2, 0.25) is 0 Å². The summed E-state index contributed by atoms with van der Waals surface area (Å²) in [6, 6.07) is 12.9. The Morgan fingerprint density at radius 2 is 2.00 bits per heavy atom. The molecule has 8 nitrogen and oxygen atoms in total. The number of anilines is 1. The van der Waals surface area contributed by atoms with Crippen LogP contribution in [0, 0.1) is 12.3 Å². The number of terminal acetylenes is 1. The van der Waals surface area contributed by atoms with Crippen LogP contribution < -0.4 is 10.1 Å². The first-order valence-corrected chi connectivity index (χ1v) is 10.4. The molecule has 0 spiro atoms. The van der Waals surface area contributed by atoms with Gasteiger partial charge < -0.3 is 14.8 Å². The highest BCUT2D eigenvalue weighted by molar-refractivity contribution is 6.12. The van der Waals surface area contributed by atoms with E-state index in [4.69, 9.17) is 15.9 Å².